The number of hydrogen-bond acceptors (Lipinski definition) is 3. The van der Waals surface area contributed by atoms with E-state index >= 15 is 0 Å². The Morgan fingerprint density at radius 2 is 2.47 bits per heavy atom. The molecule has 0 amide bonds. The van der Waals surface area contributed by atoms with E-state index in [1.54, 1.807) is 6.26 Å². The summed E-state index contributed by atoms with van der Waals surface area (Å²) in [6, 6.07) is 4.00. The van der Waals surface area contributed by atoms with Crippen molar-refractivity contribution in [1.82, 2.24) is 5.32 Å². The summed E-state index contributed by atoms with van der Waals surface area (Å²) in [5.74, 6) is 1.07. The van der Waals surface area contributed by atoms with Gasteiger partial charge in [0.05, 0.1) is 12.9 Å². The average molecular weight is 209 g/mol. The molecule has 0 saturated carbocycles. The first-order valence-electron chi connectivity index (χ1n) is 5.59. The Labute approximate surface area is 90.8 Å². The van der Waals surface area contributed by atoms with Crippen LogP contribution in [0.5, 0.6) is 0 Å². The highest BCUT2D eigenvalue weighted by Gasteiger charge is 2.33. The fourth-order valence-electron chi connectivity index (χ4n) is 2.41. The maximum absolute atomic E-state index is 5.61. The van der Waals surface area contributed by atoms with Gasteiger partial charge in [-0.05, 0) is 32.0 Å². The Hall–Kier alpha value is -0.800. The summed E-state index contributed by atoms with van der Waals surface area (Å²) >= 11 is 0. The zero-order chi connectivity index (χ0) is 10.6. The molecule has 0 aliphatic carbocycles. The van der Waals surface area contributed by atoms with Crippen LogP contribution >= 0.6 is 0 Å². The van der Waals surface area contributed by atoms with Gasteiger partial charge in [-0.25, -0.2) is 0 Å². The first-order valence-corrected chi connectivity index (χ1v) is 5.59. The average Bonchev–Trinajstić information content (AvgIpc) is 2.72. The van der Waals surface area contributed by atoms with Gasteiger partial charge in [-0.1, -0.05) is 0 Å². The first-order chi connectivity index (χ1) is 7.35. The minimum absolute atomic E-state index is 0.227. The molecule has 0 bridgehead atoms. The van der Waals surface area contributed by atoms with Crippen molar-refractivity contribution in [2.24, 2.45) is 5.41 Å². The molecule has 0 aromatic carbocycles. The molecular weight excluding hydrogens is 190 g/mol. The molecule has 15 heavy (non-hydrogen) atoms. The minimum atomic E-state index is 0.227. The SMILES string of the molecule is CNCC1(Cc2ccco2)CCCOC1. The molecule has 0 radical (unpaired) electrons. The summed E-state index contributed by atoms with van der Waals surface area (Å²) < 4.78 is 11.0. The van der Waals surface area contributed by atoms with Gasteiger partial charge in [-0.3, -0.25) is 0 Å². The Bertz CT molecular complexity index is 270. The third-order valence-corrected chi connectivity index (χ3v) is 3.09. The zero-order valence-electron chi connectivity index (χ0n) is 9.29. The topological polar surface area (TPSA) is 34.4 Å². The van der Waals surface area contributed by atoms with Crippen molar-refractivity contribution in [2.75, 3.05) is 26.8 Å². The predicted molar refractivity (Wildman–Crippen MR) is 58.8 cm³/mol. The maximum Gasteiger partial charge on any atom is 0.104 e. The molecule has 1 aromatic rings. The van der Waals surface area contributed by atoms with Crippen molar-refractivity contribution in [3.8, 4) is 0 Å². The van der Waals surface area contributed by atoms with E-state index in [2.05, 4.69) is 5.32 Å². The normalized spacial score (nSPS) is 26.7. The van der Waals surface area contributed by atoms with Crippen molar-refractivity contribution in [2.45, 2.75) is 19.3 Å². The van der Waals surface area contributed by atoms with Crippen molar-refractivity contribution in [3.63, 3.8) is 0 Å². The maximum atomic E-state index is 5.61. The van der Waals surface area contributed by atoms with Crippen LogP contribution in [0.25, 0.3) is 0 Å². The summed E-state index contributed by atoms with van der Waals surface area (Å²) in [6.07, 6.45) is 5.09. The van der Waals surface area contributed by atoms with E-state index in [0.29, 0.717) is 0 Å². The van der Waals surface area contributed by atoms with Crippen LogP contribution < -0.4 is 5.32 Å². The van der Waals surface area contributed by atoms with Crippen LogP contribution in [0.15, 0.2) is 22.8 Å². The Morgan fingerprint density at radius 3 is 3.07 bits per heavy atom. The second-order valence-electron chi connectivity index (χ2n) is 4.44. The molecule has 3 nitrogen and oxygen atoms in total. The lowest BCUT2D eigenvalue weighted by atomic mass is 9.78. The monoisotopic (exact) mass is 209 g/mol. The number of ether oxygens (including phenoxy) is 1. The van der Waals surface area contributed by atoms with Gasteiger partial charge in [0.15, 0.2) is 0 Å². The molecule has 1 N–H and O–H groups in total. The highest BCUT2D eigenvalue weighted by Crippen LogP contribution is 2.32. The van der Waals surface area contributed by atoms with Crippen molar-refractivity contribution in [1.29, 1.82) is 0 Å². The van der Waals surface area contributed by atoms with Crippen molar-refractivity contribution >= 4 is 0 Å². The molecule has 1 atom stereocenters. The summed E-state index contributed by atoms with van der Waals surface area (Å²) in [7, 11) is 2.00. The fourth-order valence-corrected chi connectivity index (χ4v) is 2.41. The van der Waals surface area contributed by atoms with E-state index in [4.69, 9.17) is 9.15 Å². The number of nitrogens with one attached hydrogen (secondary N) is 1. The van der Waals surface area contributed by atoms with Crippen LogP contribution in [0.1, 0.15) is 18.6 Å². The van der Waals surface area contributed by atoms with Gasteiger partial charge >= 0.3 is 0 Å². The molecule has 1 aliphatic heterocycles. The third-order valence-electron chi connectivity index (χ3n) is 3.09. The van der Waals surface area contributed by atoms with E-state index in [1.165, 1.54) is 6.42 Å². The zero-order valence-corrected chi connectivity index (χ0v) is 9.29. The minimum Gasteiger partial charge on any atom is -0.469 e. The van der Waals surface area contributed by atoms with E-state index < -0.39 is 0 Å². The number of rotatable bonds is 4. The third kappa shape index (κ3) is 2.61. The molecule has 1 unspecified atom stereocenters. The van der Waals surface area contributed by atoms with Gasteiger partial charge in [0.2, 0.25) is 0 Å². The van der Waals surface area contributed by atoms with E-state index in [-0.39, 0.29) is 5.41 Å². The predicted octanol–water partition coefficient (Wildman–Crippen LogP) is 1.84. The summed E-state index contributed by atoms with van der Waals surface area (Å²) in [6.45, 7) is 2.74. The van der Waals surface area contributed by atoms with Crippen LogP contribution in [-0.2, 0) is 11.2 Å². The molecule has 1 aliphatic rings. The van der Waals surface area contributed by atoms with Crippen LogP contribution in [0.2, 0.25) is 0 Å². The second-order valence-corrected chi connectivity index (χ2v) is 4.44. The second kappa shape index (κ2) is 4.81. The number of furan rings is 1. The van der Waals surface area contributed by atoms with Crippen LogP contribution in [0.3, 0.4) is 0 Å². The largest absolute Gasteiger partial charge is 0.469 e. The Balaban J connectivity index is 2.04. The van der Waals surface area contributed by atoms with Gasteiger partial charge in [0.25, 0.3) is 0 Å². The van der Waals surface area contributed by atoms with Crippen LogP contribution in [0.4, 0.5) is 0 Å². The van der Waals surface area contributed by atoms with E-state index in [0.717, 1.165) is 38.4 Å². The van der Waals surface area contributed by atoms with Gasteiger partial charge in [-0.15, -0.1) is 0 Å². The van der Waals surface area contributed by atoms with Gasteiger partial charge < -0.3 is 14.5 Å². The number of hydrogen-bond donors (Lipinski definition) is 1. The fraction of sp³-hybridized carbons (Fsp3) is 0.667. The Morgan fingerprint density at radius 1 is 1.53 bits per heavy atom. The van der Waals surface area contributed by atoms with Gasteiger partial charge in [0, 0.05) is 25.0 Å². The molecule has 1 saturated heterocycles. The summed E-state index contributed by atoms with van der Waals surface area (Å²) in [5, 5.41) is 3.27. The van der Waals surface area contributed by atoms with Gasteiger partial charge in [-0.2, -0.15) is 0 Å². The lowest BCUT2D eigenvalue weighted by Crippen LogP contribution is -2.41. The lowest BCUT2D eigenvalue weighted by Gasteiger charge is -2.36. The summed E-state index contributed by atoms with van der Waals surface area (Å²) in [5.41, 5.74) is 0.227. The molecule has 1 aromatic heterocycles. The molecule has 0 spiro atoms. The summed E-state index contributed by atoms with van der Waals surface area (Å²) in [4.78, 5) is 0. The quantitative estimate of drug-likeness (QED) is 0.821. The molecular formula is C12H19NO2. The van der Waals surface area contributed by atoms with E-state index in [9.17, 15) is 0 Å². The molecule has 2 heterocycles. The molecule has 84 valence electrons. The molecule has 3 heteroatoms. The van der Waals surface area contributed by atoms with E-state index in [1.807, 2.05) is 19.2 Å². The van der Waals surface area contributed by atoms with Crippen LogP contribution in [0, 0.1) is 5.41 Å². The highest BCUT2D eigenvalue weighted by atomic mass is 16.5. The van der Waals surface area contributed by atoms with Gasteiger partial charge in [0.1, 0.15) is 5.76 Å². The molecule has 1 fully saturated rings. The molecule has 2 rings (SSSR count). The van der Waals surface area contributed by atoms with Crippen LogP contribution in [-0.4, -0.2) is 26.8 Å². The highest BCUT2D eigenvalue weighted by molar-refractivity contribution is 5.03. The lowest BCUT2D eigenvalue weighted by molar-refractivity contribution is -0.00868. The first kappa shape index (κ1) is 10.7. The van der Waals surface area contributed by atoms with Crippen molar-refractivity contribution < 1.29 is 9.15 Å². The Kier molecular flexibility index (Phi) is 3.44. The smallest absolute Gasteiger partial charge is 0.104 e. The standard InChI is InChI=1S/C12H19NO2/c1-13-9-12(5-3-6-14-10-12)8-11-4-2-7-15-11/h2,4,7,13H,3,5-6,8-10H2,1H3. The van der Waals surface area contributed by atoms with Crippen molar-refractivity contribution in [3.05, 3.63) is 24.2 Å².